The molecule has 4 nitrogen and oxygen atoms in total. The van der Waals surface area contributed by atoms with Crippen LogP contribution >= 0.6 is 12.4 Å². The van der Waals surface area contributed by atoms with E-state index in [0.29, 0.717) is 0 Å². The fourth-order valence-electron chi connectivity index (χ4n) is 0.773. The van der Waals surface area contributed by atoms with Gasteiger partial charge >= 0.3 is 5.97 Å². The van der Waals surface area contributed by atoms with Gasteiger partial charge in [0.15, 0.2) is 0 Å². The molecule has 0 aliphatic heterocycles. The summed E-state index contributed by atoms with van der Waals surface area (Å²) in [5.74, 6) is -0.493. The quantitative estimate of drug-likeness (QED) is 0.628. The number of aliphatic hydroxyl groups is 1. The van der Waals surface area contributed by atoms with E-state index in [0.717, 1.165) is 0 Å². The molecule has 0 aliphatic rings. The van der Waals surface area contributed by atoms with Gasteiger partial charge in [0, 0.05) is 6.42 Å². The Balaban J connectivity index is 0. The van der Waals surface area contributed by atoms with Gasteiger partial charge in [0.2, 0.25) is 0 Å². The van der Waals surface area contributed by atoms with Crippen molar-refractivity contribution in [1.29, 1.82) is 0 Å². The number of esters is 1. The van der Waals surface area contributed by atoms with E-state index < -0.39 is 17.6 Å². The SMILES string of the molecule is COC(=O)[C@@H](N)CC(C)(C)O.Cl. The maximum absolute atomic E-state index is 10.7. The first-order valence-electron chi connectivity index (χ1n) is 3.42. The highest BCUT2D eigenvalue weighted by Gasteiger charge is 2.22. The molecular weight excluding hydrogens is 182 g/mol. The summed E-state index contributed by atoms with van der Waals surface area (Å²) in [5, 5.41) is 9.24. The second-order valence-corrected chi connectivity index (χ2v) is 3.15. The number of ether oxygens (including phenoxy) is 1. The van der Waals surface area contributed by atoms with Gasteiger partial charge in [-0.2, -0.15) is 0 Å². The van der Waals surface area contributed by atoms with Crippen molar-refractivity contribution >= 4 is 18.4 Å². The predicted molar refractivity (Wildman–Crippen MR) is 48.2 cm³/mol. The molecule has 0 bridgehead atoms. The van der Waals surface area contributed by atoms with Crippen molar-refractivity contribution in [3.05, 3.63) is 0 Å². The Bertz CT molecular complexity index is 144. The predicted octanol–water partition coefficient (Wildman–Crippen LogP) is 0.0695. The third-order valence-electron chi connectivity index (χ3n) is 1.22. The molecule has 0 saturated carbocycles. The summed E-state index contributed by atoms with van der Waals surface area (Å²) in [7, 11) is 1.27. The summed E-state index contributed by atoms with van der Waals surface area (Å²) in [6, 6.07) is -0.736. The minimum Gasteiger partial charge on any atom is -0.468 e. The minimum absolute atomic E-state index is 0. The van der Waals surface area contributed by atoms with Crippen molar-refractivity contribution in [1.82, 2.24) is 0 Å². The highest BCUT2D eigenvalue weighted by molar-refractivity contribution is 5.85. The number of halogens is 1. The van der Waals surface area contributed by atoms with E-state index in [1.807, 2.05) is 0 Å². The lowest BCUT2D eigenvalue weighted by atomic mass is 10.00. The van der Waals surface area contributed by atoms with Gasteiger partial charge in [0.05, 0.1) is 12.7 Å². The second-order valence-electron chi connectivity index (χ2n) is 3.15. The highest BCUT2D eigenvalue weighted by Crippen LogP contribution is 2.09. The number of carbonyl (C=O) groups is 1. The number of hydrogen-bond acceptors (Lipinski definition) is 4. The molecule has 0 aromatic rings. The molecule has 3 N–H and O–H groups in total. The van der Waals surface area contributed by atoms with Gasteiger partial charge in [-0.25, -0.2) is 0 Å². The number of methoxy groups -OCH3 is 1. The van der Waals surface area contributed by atoms with E-state index in [9.17, 15) is 9.90 Å². The molecule has 0 aromatic heterocycles. The molecule has 12 heavy (non-hydrogen) atoms. The van der Waals surface area contributed by atoms with Crippen molar-refractivity contribution < 1.29 is 14.6 Å². The van der Waals surface area contributed by atoms with E-state index in [1.54, 1.807) is 13.8 Å². The lowest BCUT2D eigenvalue weighted by molar-refractivity contribution is -0.143. The fourth-order valence-corrected chi connectivity index (χ4v) is 0.773. The summed E-state index contributed by atoms with van der Waals surface area (Å²) in [6.07, 6.45) is 0.208. The first-order chi connectivity index (χ1) is 4.87. The third kappa shape index (κ3) is 6.39. The Morgan fingerprint density at radius 3 is 2.33 bits per heavy atom. The van der Waals surface area contributed by atoms with Crippen LogP contribution in [0.1, 0.15) is 20.3 Å². The Morgan fingerprint density at radius 2 is 2.08 bits per heavy atom. The molecular formula is C7H16ClNO3. The molecule has 0 radical (unpaired) electrons. The van der Waals surface area contributed by atoms with Gasteiger partial charge in [0.1, 0.15) is 6.04 Å². The van der Waals surface area contributed by atoms with Crippen LogP contribution in [-0.2, 0) is 9.53 Å². The Kier molecular flexibility index (Phi) is 6.34. The van der Waals surface area contributed by atoms with Gasteiger partial charge in [0.25, 0.3) is 0 Å². The third-order valence-corrected chi connectivity index (χ3v) is 1.22. The molecule has 1 atom stereocenters. The maximum Gasteiger partial charge on any atom is 0.322 e. The molecule has 0 amide bonds. The van der Waals surface area contributed by atoms with Crippen LogP contribution in [-0.4, -0.2) is 29.8 Å². The summed E-state index contributed by atoms with van der Waals surface area (Å²) in [5.41, 5.74) is 4.46. The molecule has 74 valence electrons. The van der Waals surface area contributed by atoms with Gasteiger partial charge in [-0.05, 0) is 13.8 Å². The van der Waals surface area contributed by atoms with Crippen LogP contribution in [0.15, 0.2) is 0 Å². The van der Waals surface area contributed by atoms with Crippen LogP contribution in [0.25, 0.3) is 0 Å². The van der Waals surface area contributed by atoms with Crippen molar-refractivity contribution in [3.63, 3.8) is 0 Å². The summed E-state index contributed by atoms with van der Waals surface area (Å²) < 4.78 is 4.38. The van der Waals surface area contributed by atoms with Gasteiger partial charge in [-0.1, -0.05) is 0 Å². The molecule has 0 spiro atoms. The van der Waals surface area contributed by atoms with Crippen molar-refractivity contribution in [2.75, 3.05) is 7.11 Å². The highest BCUT2D eigenvalue weighted by atomic mass is 35.5. The molecule has 0 unspecified atom stereocenters. The van der Waals surface area contributed by atoms with Crippen molar-refractivity contribution in [2.24, 2.45) is 5.73 Å². The topological polar surface area (TPSA) is 72.5 Å². The average Bonchev–Trinajstić information content (AvgIpc) is 1.82. The minimum atomic E-state index is -0.923. The molecule has 0 aromatic carbocycles. The number of carbonyl (C=O) groups excluding carboxylic acids is 1. The van der Waals surface area contributed by atoms with Crippen LogP contribution < -0.4 is 5.73 Å². The van der Waals surface area contributed by atoms with Crippen LogP contribution in [0.2, 0.25) is 0 Å². The summed E-state index contributed by atoms with van der Waals surface area (Å²) >= 11 is 0. The van der Waals surface area contributed by atoms with Crippen LogP contribution in [0.4, 0.5) is 0 Å². The number of hydrogen-bond donors (Lipinski definition) is 2. The first kappa shape index (κ1) is 14.2. The van der Waals surface area contributed by atoms with Gasteiger partial charge in [-0.15, -0.1) is 12.4 Å². The summed E-state index contributed by atoms with van der Waals surface area (Å²) in [6.45, 7) is 3.19. The second kappa shape index (κ2) is 5.35. The van der Waals surface area contributed by atoms with Crippen LogP contribution in [0.3, 0.4) is 0 Å². The average molecular weight is 198 g/mol. The van der Waals surface area contributed by atoms with Gasteiger partial charge in [-0.3, -0.25) is 4.79 Å². The normalized spacial score (nSPS) is 13.1. The number of nitrogens with two attached hydrogens (primary N) is 1. The Labute approximate surface area is 78.5 Å². The zero-order valence-corrected chi connectivity index (χ0v) is 8.35. The molecule has 0 fully saturated rings. The van der Waals surface area contributed by atoms with Gasteiger partial charge < -0.3 is 15.6 Å². The van der Waals surface area contributed by atoms with Crippen LogP contribution in [0.5, 0.6) is 0 Å². The standard InChI is InChI=1S/C7H15NO3.ClH/c1-7(2,10)4-5(8)6(9)11-3;/h5,10H,4,8H2,1-3H3;1H/t5-;/m0./s1. The lowest BCUT2D eigenvalue weighted by Crippen LogP contribution is -2.38. The molecule has 0 saturated heterocycles. The van der Waals surface area contributed by atoms with E-state index in [2.05, 4.69) is 4.74 Å². The van der Waals surface area contributed by atoms with Crippen LogP contribution in [0, 0.1) is 0 Å². The fraction of sp³-hybridized carbons (Fsp3) is 0.857. The van der Waals surface area contributed by atoms with E-state index >= 15 is 0 Å². The van der Waals surface area contributed by atoms with E-state index in [-0.39, 0.29) is 18.8 Å². The smallest absolute Gasteiger partial charge is 0.322 e. The van der Waals surface area contributed by atoms with Crippen molar-refractivity contribution in [2.45, 2.75) is 31.9 Å². The monoisotopic (exact) mass is 197 g/mol. The molecule has 0 aliphatic carbocycles. The van der Waals surface area contributed by atoms with Crippen molar-refractivity contribution in [3.8, 4) is 0 Å². The lowest BCUT2D eigenvalue weighted by Gasteiger charge is -2.19. The Hall–Kier alpha value is -0.320. The van der Waals surface area contributed by atoms with E-state index in [1.165, 1.54) is 7.11 Å². The molecule has 0 heterocycles. The maximum atomic E-state index is 10.7. The number of rotatable bonds is 3. The summed E-state index contributed by atoms with van der Waals surface area (Å²) in [4.78, 5) is 10.7. The zero-order chi connectivity index (χ0) is 9.07. The first-order valence-corrected chi connectivity index (χ1v) is 3.42. The Morgan fingerprint density at radius 1 is 1.67 bits per heavy atom. The molecule has 5 heteroatoms. The largest absolute Gasteiger partial charge is 0.468 e. The molecule has 0 rings (SSSR count). The van der Waals surface area contributed by atoms with E-state index in [4.69, 9.17) is 5.73 Å². The zero-order valence-electron chi connectivity index (χ0n) is 7.53.